The number of hydrogen-bond donors (Lipinski definition) is 0. The summed E-state index contributed by atoms with van der Waals surface area (Å²) in [6.45, 7) is 9.35. The second-order valence-electron chi connectivity index (χ2n) is 5.39. The van der Waals surface area contributed by atoms with E-state index in [1.54, 1.807) is 0 Å². The predicted molar refractivity (Wildman–Crippen MR) is 81.7 cm³/mol. The highest BCUT2D eigenvalue weighted by Gasteiger charge is 2.20. The van der Waals surface area contributed by atoms with E-state index in [1.807, 2.05) is 6.26 Å². The molecule has 1 aliphatic heterocycles. The predicted octanol–water partition coefficient (Wildman–Crippen LogP) is 1.81. The number of hydrogen-bond acceptors (Lipinski definition) is 4. The molecule has 1 heterocycles. The molecule has 2 atom stereocenters. The Morgan fingerprint density at radius 2 is 2.28 bits per heavy atom. The number of ether oxygens (including phenoxy) is 2. The third-order valence-corrected chi connectivity index (χ3v) is 3.82. The molecule has 0 aromatic rings. The molecular weight excluding hydrogens is 266 g/mol. The molecule has 1 unspecified atom stereocenters. The van der Waals surface area contributed by atoms with Gasteiger partial charge >= 0.3 is 0 Å². The Morgan fingerprint density at radius 1 is 1.50 bits per heavy atom. The molecule has 1 fully saturated rings. The van der Waals surface area contributed by atoms with Crippen molar-refractivity contribution in [3.63, 3.8) is 0 Å². The normalized spacial score (nSPS) is 23.4. The highest BCUT2D eigenvalue weighted by atomic mass is 32.8. The van der Waals surface area contributed by atoms with Crippen LogP contribution < -0.4 is 0 Å². The van der Waals surface area contributed by atoms with Gasteiger partial charge in [0.15, 0.2) is 0 Å². The molecular formula is C13H27NO2S2. The van der Waals surface area contributed by atoms with Gasteiger partial charge in [-0.2, -0.15) is 0 Å². The molecule has 0 N–H and O–H groups in total. The van der Waals surface area contributed by atoms with Crippen molar-refractivity contribution >= 4 is 20.6 Å². The van der Waals surface area contributed by atoms with Gasteiger partial charge in [-0.25, -0.2) is 0 Å². The maximum absolute atomic E-state index is 5.72. The van der Waals surface area contributed by atoms with E-state index in [4.69, 9.17) is 20.7 Å². The third kappa shape index (κ3) is 7.79. The zero-order valence-corrected chi connectivity index (χ0v) is 13.5. The molecule has 3 nitrogen and oxygen atoms in total. The van der Waals surface area contributed by atoms with E-state index in [9.17, 15) is 0 Å². The molecule has 0 aromatic carbocycles. The fourth-order valence-corrected chi connectivity index (χ4v) is 2.64. The molecule has 0 saturated carbocycles. The van der Waals surface area contributed by atoms with Crippen LogP contribution in [0.5, 0.6) is 0 Å². The van der Waals surface area contributed by atoms with Gasteiger partial charge in [-0.05, 0) is 42.7 Å². The minimum atomic E-state index is -0.0468. The van der Waals surface area contributed by atoms with E-state index in [0.29, 0.717) is 12.5 Å². The Bertz CT molecular complexity index is 249. The SMILES string of the molecule is CC(C)CCCN1CCO[C@@H](COCS(C)=S)C1. The van der Waals surface area contributed by atoms with Gasteiger partial charge in [0, 0.05) is 13.1 Å². The Hall–Kier alpha value is 0.450. The molecule has 1 aliphatic rings. The average molecular weight is 293 g/mol. The van der Waals surface area contributed by atoms with Crippen molar-refractivity contribution in [2.75, 3.05) is 45.0 Å². The van der Waals surface area contributed by atoms with Crippen LogP contribution in [0.4, 0.5) is 0 Å². The molecule has 0 aliphatic carbocycles. The second kappa shape index (κ2) is 9.37. The molecule has 0 aromatic heterocycles. The van der Waals surface area contributed by atoms with Crippen LogP contribution in [0.25, 0.3) is 0 Å². The van der Waals surface area contributed by atoms with E-state index in [1.165, 1.54) is 19.4 Å². The Kier molecular flexibility index (Phi) is 8.59. The molecule has 0 bridgehead atoms. The van der Waals surface area contributed by atoms with Crippen LogP contribution in [0, 0.1) is 5.92 Å². The van der Waals surface area contributed by atoms with Crippen molar-refractivity contribution in [1.29, 1.82) is 0 Å². The average Bonchev–Trinajstić information content (AvgIpc) is 2.28. The van der Waals surface area contributed by atoms with Crippen molar-refractivity contribution in [2.45, 2.75) is 32.8 Å². The molecule has 108 valence electrons. The maximum atomic E-state index is 5.72. The zero-order valence-electron chi connectivity index (χ0n) is 11.9. The van der Waals surface area contributed by atoms with E-state index in [0.717, 1.165) is 25.6 Å². The molecule has 0 radical (unpaired) electrons. The summed E-state index contributed by atoms with van der Waals surface area (Å²) >= 11 is 5.10. The second-order valence-corrected chi connectivity index (χ2v) is 8.48. The Labute approximate surface area is 119 Å². The standard InChI is InChI=1S/C13H27NO2S2/c1-12(2)5-4-6-14-7-8-16-13(9-14)10-15-11-18(3)17/h12-13H,4-11H2,1-3H3/t13-,18?/m1/s1. The first-order valence-electron chi connectivity index (χ1n) is 6.79. The van der Waals surface area contributed by atoms with Gasteiger partial charge in [-0.15, -0.1) is 0 Å². The first-order chi connectivity index (χ1) is 8.58. The van der Waals surface area contributed by atoms with Gasteiger partial charge in [0.2, 0.25) is 0 Å². The monoisotopic (exact) mass is 293 g/mol. The highest BCUT2D eigenvalue weighted by Crippen LogP contribution is 2.09. The first-order valence-corrected chi connectivity index (χ1v) is 9.52. The lowest BCUT2D eigenvalue weighted by atomic mass is 10.1. The molecule has 1 saturated heterocycles. The van der Waals surface area contributed by atoms with E-state index < -0.39 is 0 Å². The van der Waals surface area contributed by atoms with Gasteiger partial charge < -0.3 is 9.47 Å². The molecule has 5 heteroatoms. The van der Waals surface area contributed by atoms with Crippen molar-refractivity contribution in [3.05, 3.63) is 0 Å². The van der Waals surface area contributed by atoms with Crippen molar-refractivity contribution in [1.82, 2.24) is 4.90 Å². The van der Waals surface area contributed by atoms with Crippen LogP contribution in [0.15, 0.2) is 0 Å². The fourth-order valence-electron chi connectivity index (χ4n) is 2.10. The summed E-state index contributed by atoms with van der Waals surface area (Å²) in [5.41, 5.74) is 0. The van der Waals surface area contributed by atoms with Crippen molar-refractivity contribution < 1.29 is 9.47 Å². The lowest BCUT2D eigenvalue weighted by Gasteiger charge is -2.32. The van der Waals surface area contributed by atoms with Crippen molar-refractivity contribution in [2.24, 2.45) is 5.92 Å². The van der Waals surface area contributed by atoms with E-state index in [2.05, 4.69) is 18.7 Å². The minimum absolute atomic E-state index is 0.0468. The first kappa shape index (κ1) is 16.5. The van der Waals surface area contributed by atoms with Crippen LogP contribution >= 0.6 is 0 Å². The lowest BCUT2D eigenvalue weighted by Crippen LogP contribution is -2.44. The Balaban J connectivity index is 2.13. The minimum Gasteiger partial charge on any atom is -0.373 e. The molecule has 0 spiro atoms. The maximum Gasteiger partial charge on any atom is 0.0964 e. The van der Waals surface area contributed by atoms with Gasteiger partial charge in [0.25, 0.3) is 0 Å². The quantitative estimate of drug-likeness (QED) is 0.680. The van der Waals surface area contributed by atoms with Crippen LogP contribution in [0.2, 0.25) is 0 Å². The molecule has 0 amide bonds. The zero-order chi connectivity index (χ0) is 13.4. The smallest absolute Gasteiger partial charge is 0.0964 e. The topological polar surface area (TPSA) is 21.7 Å². The summed E-state index contributed by atoms with van der Waals surface area (Å²) in [5, 5.41) is 0. The van der Waals surface area contributed by atoms with Crippen LogP contribution in [0.1, 0.15) is 26.7 Å². The van der Waals surface area contributed by atoms with E-state index >= 15 is 0 Å². The molecule has 1 rings (SSSR count). The van der Waals surface area contributed by atoms with E-state index in [-0.39, 0.29) is 15.6 Å². The number of morpholine rings is 1. The van der Waals surface area contributed by atoms with Crippen LogP contribution in [0.3, 0.4) is 0 Å². The van der Waals surface area contributed by atoms with Crippen LogP contribution in [-0.4, -0.2) is 56.0 Å². The Morgan fingerprint density at radius 3 is 2.94 bits per heavy atom. The van der Waals surface area contributed by atoms with Gasteiger partial charge in [-0.1, -0.05) is 23.3 Å². The summed E-state index contributed by atoms with van der Waals surface area (Å²) in [7, 11) is -0.0468. The number of rotatable bonds is 8. The lowest BCUT2D eigenvalue weighted by molar-refractivity contribution is -0.0632. The van der Waals surface area contributed by atoms with Gasteiger partial charge in [-0.3, -0.25) is 4.90 Å². The highest BCUT2D eigenvalue weighted by molar-refractivity contribution is 8.28. The largest absolute Gasteiger partial charge is 0.373 e. The summed E-state index contributed by atoms with van der Waals surface area (Å²) < 4.78 is 11.3. The summed E-state index contributed by atoms with van der Waals surface area (Å²) in [4.78, 5) is 2.50. The summed E-state index contributed by atoms with van der Waals surface area (Å²) in [6, 6.07) is 0. The third-order valence-electron chi connectivity index (χ3n) is 3.03. The number of nitrogens with zero attached hydrogens (tertiary/aromatic N) is 1. The molecule has 18 heavy (non-hydrogen) atoms. The van der Waals surface area contributed by atoms with Gasteiger partial charge in [0.1, 0.15) is 0 Å². The van der Waals surface area contributed by atoms with Gasteiger partial charge in [0.05, 0.1) is 25.3 Å². The fraction of sp³-hybridized carbons (Fsp3) is 1.00. The summed E-state index contributed by atoms with van der Waals surface area (Å²) in [6.07, 6.45) is 4.86. The van der Waals surface area contributed by atoms with Crippen molar-refractivity contribution in [3.8, 4) is 0 Å². The summed E-state index contributed by atoms with van der Waals surface area (Å²) in [5.74, 6) is 1.49. The van der Waals surface area contributed by atoms with Crippen LogP contribution in [-0.2, 0) is 30.1 Å².